The Morgan fingerprint density at radius 2 is 1.87 bits per heavy atom. The Balaban J connectivity index is 1.36. The van der Waals surface area contributed by atoms with Crippen LogP contribution in [-0.4, -0.2) is 60.2 Å². The van der Waals surface area contributed by atoms with Crippen LogP contribution in [0, 0.1) is 0 Å². The van der Waals surface area contributed by atoms with Gasteiger partial charge in [0.1, 0.15) is 10.3 Å². The summed E-state index contributed by atoms with van der Waals surface area (Å²) in [6, 6.07) is 9.58. The highest BCUT2D eigenvalue weighted by molar-refractivity contribution is 7.21. The highest BCUT2D eigenvalue weighted by Gasteiger charge is 2.22. The minimum absolute atomic E-state index is 0.0115. The van der Waals surface area contributed by atoms with E-state index in [9.17, 15) is 4.79 Å². The lowest BCUT2D eigenvalue weighted by molar-refractivity contribution is -0.126. The number of hydrogen-bond acceptors (Lipinski definition) is 7. The van der Waals surface area contributed by atoms with Crippen LogP contribution in [0.25, 0.3) is 16.4 Å². The molecule has 0 saturated carbocycles. The second kappa shape index (κ2) is 9.78. The van der Waals surface area contributed by atoms with Gasteiger partial charge in [0, 0.05) is 38.5 Å². The van der Waals surface area contributed by atoms with Crippen LogP contribution in [-0.2, 0) is 4.79 Å². The lowest BCUT2D eigenvalue weighted by atomic mass is 10.2. The van der Waals surface area contributed by atoms with Crippen LogP contribution < -0.4 is 14.4 Å². The minimum Gasteiger partial charge on any atom is -0.490 e. The van der Waals surface area contributed by atoms with Gasteiger partial charge in [-0.25, -0.2) is 9.97 Å². The van der Waals surface area contributed by atoms with Crippen molar-refractivity contribution in [3.05, 3.63) is 48.2 Å². The Bertz CT molecular complexity index is 1040. The van der Waals surface area contributed by atoms with Gasteiger partial charge in [0.2, 0.25) is 5.91 Å². The number of thiazole rings is 1. The van der Waals surface area contributed by atoms with Crippen molar-refractivity contribution in [1.29, 1.82) is 0 Å². The van der Waals surface area contributed by atoms with Crippen molar-refractivity contribution in [2.45, 2.75) is 13.8 Å². The van der Waals surface area contributed by atoms with Crippen LogP contribution in [0.15, 0.2) is 42.6 Å². The maximum atomic E-state index is 12.7. The van der Waals surface area contributed by atoms with Crippen LogP contribution in [0.3, 0.4) is 0 Å². The largest absolute Gasteiger partial charge is 0.490 e. The van der Waals surface area contributed by atoms with E-state index in [0.29, 0.717) is 37.8 Å². The molecule has 4 rings (SSSR count). The van der Waals surface area contributed by atoms with E-state index in [1.54, 1.807) is 23.6 Å². The van der Waals surface area contributed by atoms with Crippen molar-refractivity contribution in [1.82, 2.24) is 14.9 Å². The first-order valence-corrected chi connectivity index (χ1v) is 11.3. The first kappa shape index (κ1) is 21.1. The van der Waals surface area contributed by atoms with E-state index in [-0.39, 0.29) is 5.91 Å². The topological polar surface area (TPSA) is 67.8 Å². The number of aromatic nitrogens is 2. The van der Waals surface area contributed by atoms with E-state index in [1.807, 2.05) is 55.2 Å². The first-order valence-electron chi connectivity index (χ1n) is 10.5. The summed E-state index contributed by atoms with van der Waals surface area (Å²) < 4.78 is 11.3. The van der Waals surface area contributed by atoms with Crippen molar-refractivity contribution in [2.75, 3.05) is 44.3 Å². The fourth-order valence-corrected chi connectivity index (χ4v) is 4.42. The lowest BCUT2D eigenvalue weighted by Gasteiger charge is -2.34. The molecular formula is C23H26N4O3S. The number of pyridine rings is 1. The Morgan fingerprint density at radius 1 is 1.10 bits per heavy atom. The Kier molecular flexibility index (Phi) is 6.66. The predicted octanol–water partition coefficient (Wildman–Crippen LogP) is 3.85. The number of anilines is 1. The fraction of sp³-hybridized carbons (Fsp3) is 0.348. The van der Waals surface area contributed by atoms with Gasteiger partial charge >= 0.3 is 0 Å². The summed E-state index contributed by atoms with van der Waals surface area (Å²) in [5.74, 6) is 1.42. The molecule has 1 aromatic carbocycles. The fourth-order valence-electron chi connectivity index (χ4n) is 3.46. The van der Waals surface area contributed by atoms with Gasteiger partial charge in [0.05, 0.1) is 13.2 Å². The molecule has 0 unspecified atom stereocenters. The molecule has 0 atom stereocenters. The number of piperazine rings is 1. The molecule has 3 heterocycles. The van der Waals surface area contributed by atoms with Crippen molar-refractivity contribution >= 4 is 38.8 Å². The average Bonchev–Trinajstić information content (AvgIpc) is 3.24. The summed E-state index contributed by atoms with van der Waals surface area (Å²) in [7, 11) is 0. The lowest BCUT2D eigenvalue weighted by Crippen LogP contribution is -2.48. The summed E-state index contributed by atoms with van der Waals surface area (Å²) in [6.07, 6.45) is 5.24. The normalized spacial score (nSPS) is 14.4. The molecule has 7 nitrogen and oxygen atoms in total. The quantitative estimate of drug-likeness (QED) is 0.522. The Labute approximate surface area is 185 Å². The number of carbonyl (C=O) groups excluding carboxylic acids is 1. The number of carbonyl (C=O) groups is 1. The molecule has 0 aliphatic carbocycles. The SMILES string of the molecule is CCOc1ccc(/C=C/C(=O)N2CCN(c3nc4cccnc4s3)CC2)cc1OCC. The number of nitrogens with zero attached hydrogens (tertiary/aromatic N) is 4. The van der Waals surface area contributed by atoms with E-state index in [1.165, 1.54) is 0 Å². The van der Waals surface area contributed by atoms with Crippen LogP contribution >= 0.6 is 11.3 Å². The zero-order valence-electron chi connectivity index (χ0n) is 17.8. The third-order valence-electron chi connectivity index (χ3n) is 5.00. The molecule has 8 heteroatoms. The Morgan fingerprint density at radius 3 is 2.61 bits per heavy atom. The molecule has 2 aromatic heterocycles. The summed E-state index contributed by atoms with van der Waals surface area (Å²) in [5.41, 5.74) is 1.83. The minimum atomic E-state index is 0.0115. The molecule has 1 amide bonds. The molecule has 0 bridgehead atoms. The predicted molar refractivity (Wildman–Crippen MR) is 124 cm³/mol. The highest BCUT2D eigenvalue weighted by atomic mass is 32.1. The summed E-state index contributed by atoms with van der Waals surface area (Å²) in [4.78, 5) is 26.8. The third kappa shape index (κ3) is 4.96. The number of rotatable bonds is 7. The summed E-state index contributed by atoms with van der Waals surface area (Å²) >= 11 is 1.59. The van der Waals surface area contributed by atoms with Crippen molar-refractivity contribution in [3.8, 4) is 11.5 Å². The molecule has 0 spiro atoms. The second-order valence-electron chi connectivity index (χ2n) is 7.04. The second-order valence-corrected chi connectivity index (χ2v) is 8.00. The number of fused-ring (bicyclic) bond motifs is 1. The van der Waals surface area contributed by atoms with Gasteiger partial charge in [0.15, 0.2) is 16.6 Å². The Hall–Kier alpha value is -3.13. The molecule has 0 N–H and O–H groups in total. The third-order valence-corrected chi connectivity index (χ3v) is 6.04. The van der Waals surface area contributed by atoms with E-state index >= 15 is 0 Å². The molecule has 3 aromatic rings. The summed E-state index contributed by atoms with van der Waals surface area (Å²) in [5, 5.41) is 0.967. The smallest absolute Gasteiger partial charge is 0.246 e. The zero-order valence-corrected chi connectivity index (χ0v) is 18.6. The van der Waals surface area contributed by atoms with Gasteiger partial charge in [-0.2, -0.15) is 0 Å². The number of benzene rings is 1. The molecule has 1 saturated heterocycles. The highest BCUT2D eigenvalue weighted by Crippen LogP contribution is 2.29. The maximum absolute atomic E-state index is 12.7. The average molecular weight is 439 g/mol. The van der Waals surface area contributed by atoms with Crippen molar-refractivity contribution < 1.29 is 14.3 Å². The maximum Gasteiger partial charge on any atom is 0.246 e. The molecule has 1 aliphatic heterocycles. The molecular weight excluding hydrogens is 412 g/mol. The first-order chi connectivity index (χ1) is 15.2. The van der Waals surface area contributed by atoms with E-state index in [0.717, 1.165) is 34.1 Å². The van der Waals surface area contributed by atoms with Crippen LogP contribution in [0.5, 0.6) is 11.5 Å². The van der Waals surface area contributed by atoms with Gasteiger partial charge in [-0.15, -0.1) is 0 Å². The molecule has 1 aliphatic rings. The standard InChI is InChI=1S/C23H26N4O3S/c1-3-29-19-9-7-17(16-20(19)30-4-2)8-10-21(28)26-12-14-27(15-13-26)23-25-18-6-5-11-24-22(18)31-23/h5-11,16H,3-4,12-15H2,1-2H3/b10-8+. The van der Waals surface area contributed by atoms with Gasteiger partial charge in [-0.3, -0.25) is 4.79 Å². The van der Waals surface area contributed by atoms with E-state index in [4.69, 9.17) is 9.47 Å². The van der Waals surface area contributed by atoms with Crippen LogP contribution in [0.1, 0.15) is 19.4 Å². The van der Waals surface area contributed by atoms with Gasteiger partial charge in [-0.1, -0.05) is 17.4 Å². The van der Waals surface area contributed by atoms with Gasteiger partial charge < -0.3 is 19.3 Å². The molecule has 31 heavy (non-hydrogen) atoms. The van der Waals surface area contributed by atoms with Crippen LogP contribution in [0.2, 0.25) is 0 Å². The van der Waals surface area contributed by atoms with E-state index in [2.05, 4.69) is 14.9 Å². The van der Waals surface area contributed by atoms with Gasteiger partial charge in [-0.05, 0) is 49.8 Å². The number of ether oxygens (including phenoxy) is 2. The zero-order chi connectivity index (χ0) is 21.6. The molecule has 0 radical (unpaired) electrons. The van der Waals surface area contributed by atoms with Crippen LogP contribution in [0.4, 0.5) is 5.13 Å². The van der Waals surface area contributed by atoms with Gasteiger partial charge in [0.25, 0.3) is 0 Å². The molecule has 1 fully saturated rings. The van der Waals surface area contributed by atoms with E-state index < -0.39 is 0 Å². The van der Waals surface area contributed by atoms with Crippen molar-refractivity contribution in [2.24, 2.45) is 0 Å². The molecule has 162 valence electrons. The van der Waals surface area contributed by atoms with Crippen molar-refractivity contribution in [3.63, 3.8) is 0 Å². The summed E-state index contributed by atoms with van der Waals surface area (Å²) in [6.45, 7) is 7.87. The monoisotopic (exact) mass is 438 g/mol. The number of amides is 1. The number of hydrogen-bond donors (Lipinski definition) is 0.